The number of benzene rings is 10. The van der Waals surface area contributed by atoms with Crippen LogP contribution < -0.4 is 4.90 Å². The molecule has 2 nitrogen and oxygen atoms in total. The van der Waals surface area contributed by atoms with Crippen molar-refractivity contribution in [2.75, 3.05) is 4.90 Å². The van der Waals surface area contributed by atoms with E-state index in [0.717, 1.165) is 44.6 Å². The zero-order chi connectivity index (χ0) is 38.4. The summed E-state index contributed by atoms with van der Waals surface area (Å²) in [6.07, 6.45) is 0. The molecule has 58 heavy (non-hydrogen) atoms. The van der Waals surface area contributed by atoms with Crippen LogP contribution in [0.1, 0.15) is 0 Å². The van der Waals surface area contributed by atoms with Gasteiger partial charge in [0.25, 0.3) is 0 Å². The molecule has 272 valence electrons. The van der Waals surface area contributed by atoms with Crippen LogP contribution in [-0.2, 0) is 0 Å². The summed E-state index contributed by atoms with van der Waals surface area (Å²) in [5.41, 5.74) is 14.5. The summed E-state index contributed by atoms with van der Waals surface area (Å²) < 4.78 is 6.60. The molecular weight excluding hydrogens is 703 g/mol. The number of nitrogens with zero attached hydrogens (tertiary/aromatic N) is 1. The second-order valence-electron chi connectivity index (χ2n) is 14.9. The summed E-state index contributed by atoms with van der Waals surface area (Å²) in [6.45, 7) is 0. The summed E-state index contributed by atoms with van der Waals surface area (Å²) in [7, 11) is 0. The molecule has 0 radical (unpaired) electrons. The third-order valence-corrected chi connectivity index (χ3v) is 11.5. The average molecular weight is 740 g/mol. The summed E-state index contributed by atoms with van der Waals surface area (Å²) in [5.74, 6) is 0. The number of rotatable bonds is 7. The van der Waals surface area contributed by atoms with Gasteiger partial charge in [0, 0.05) is 16.8 Å². The second-order valence-corrected chi connectivity index (χ2v) is 14.9. The van der Waals surface area contributed by atoms with Crippen molar-refractivity contribution in [1.29, 1.82) is 0 Å². The molecule has 0 aliphatic heterocycles. The molecule has 0 amide bonds. The van der Waals surface area contributed by atoms with E-state index < -0.39 is 0 Å². The molecule has 0 spiro atoms. The molecule has 11 aromatic rings. The van der Waals surface area contributed by atoms with Crippen molar-refractivity contribution in [1.82, 2.24) is 0 Å². The highest BCUT2D eigenvalue weighted by molar-refractivity contribution is 6.23. The van der Waals surface area contributed by atoms with Crippen LogP contribution >= 0.6 is 0 Å². The molecule has 11 rings (SSSR count). The van der Waals surface area contributed by atoms with Crippen LogP contribution in [0.15, 0.2) is 229 Å². The van der Waals surface area contributed by atoms with Gasteiger partial charge in [-0.1, -0.05) is 182 Å². The molecule has 1 aromatic heterocycles. The Morgan fingerprint density at radius 2 is 0.828 bits per heavy atom. The fourth-order valence-electron chi connectivity index (χ4n) is 8.72. The van der Waals surface area contributed by atoms with Crippen LogP contribution in [0, 0.1) is 0 Å². The van der Waals surface area contributed by atoms with Crippen LogP contribution in [0.3, 0.4) is 0 Å². The molecule has 0 bridgehead atoms. The third kappa shape index (κ3) is 5.82. The van der Waals surface area contributed by atoms with E-state index >= 15 is 0 Å². The lowest BCUT2D eigenvalue weighted by molar-refractivity contribution is 0.669. The lowest BCUT2D eigenvalue weighted by atomic mass is 9.91. The Morgan fingerprint density at radius 3 is 1.57 bits per heavy atom. The molecule has 0 saturated heterocycles. The Balaban J connectivity index is 1.09. The lowest BCUT2D eigenvalue weighted by Gasteiger charge is -2.27. The van der Waals surface area contributed by atoms with Gasteiger partial charge in [0.15, 0.2) is 0 Å². The summed E-state index contributed by atoms with van der Waals surface area (Å²) in [5, 5.41) is 7.07. The van der Waals surface area contributed by atoms with E-state index in [4.69, 9.17) is 4.42 Å². The highest BCUT2D eigenvalue weighted by Gasteiger charge is 2.21. The number of hydrogen-bond donors (Lipinski definition) is 0. The highest BCUT2D eigenvalue weighted by Crippen LogP contribution is 2.46. The SMILES string of the molecule is c1ccc(-c2ccc(-c3cccc(N(c4ccc(-c5cccc6cccc(-c7ccccc7)c56)cc4)c4cccc5oc6ccc7ccccc7c6c45)c3)cc2)cc1. The summed E-state index contributed by atoms with van der Waals surface area (Å²) in [6, 6.07) is 80.6. The molecule has 0 aliphatic carbocycles. The monoisotopic (exact) mass is 739 g/mol. The topological polar surface area (TPSA) is 16.4 Å². The van der Waals surface area contributed by atoms with Gasteiger partial charge in [-0.05, 0) is 109 Å². The zero-order valence-electron chi connectivity index (χ0n) is 31.7. The van der Waals surface area contributed by atoms with Gasteiger partial charge >= 0.3 is 0 Å². The Bertz CT molecular complexity index is 3250. The Labute approximate surface area is 337 Å². The van der Waals surface area contributed by atoms with Gasteiger partial charge < -0.3 is 9.32 Å². The molecule has 0 aliphatic rings. The molecule has 0 N–H and O–H groups in total. The van der Waals surface area contributed by atoms with Crippen molar-refractivity contribution >= 4 is 60.5 Å². The molecular formula is C56H37NO. The van der Waals surface area contributed by atoms with Gasteiger partial charge in [0.05, 0.1) is 11.1 Å². The van der Waals surface area contributed by atoms with Crippen molar-refractivity contribution in [2.45, 2.75) is 0 Å². The highest BCUT2D eigenvalue weighted by atomic mass is 16.3. The first-order valence-electron chi connectivity index (χ1n) is 19.8. The summed E-state index contributed by atoms with van der Waals surface area (Å²) >= 11 is 0. The first-order valence-corrected chi connectivity index (χ1v) is 19.8. The van der Waals surface area contributed by atoms with Crippen molar-refractivity contribution in [3.63, 3.8) is 0 Å². The molecule has 0 fully saturated rings. The quantitative estimate of drug-likeness (QED) is 0.162. The minimum absolute atomic E-state index is 0.863. The molecule has 2 heteroatoms. The maximum Gasteiger partial charge on any atom is 0.137 e. The van der Waals surface area contributed by atoms with Crippen LogP contribution in [0.4, 0.5) is 17.1 Å². The summed E-state index contributed by atoms with van der Waals surface area (Å²) in [4.78, 5) is 2.39. The van der Waals surface area contributed by atoms with Crippen molar-refractivity contribution < 1.29 is 4.42 Å². The normalized spacial score (nSPS) is 11.4. The van der Waals surface area contributed by atoms with E-state index in [-0.39, 0.29) is 0 Å². The predicted octanol–water partition coefficient (Wildman–Crippen LogP) is 16.0. The average Bonchev–Trinajstić information content (AvgIpc) is 3.70. The molecule has 1 heterocycles. The van der Waals surface area contributed by atoms with Crippen LogP contribution in [-0.4, -0.2) is 0 Å². The van der Waals surface area contributed by atoms with Gasteiger partial charge in [-0.15, -0.1) is 0 Å². The standard InChI is InChI=1S/C56H37NO/c1-3-13-38(14-4-1)39-27-29-40(30-28-39)45-20-9-21-47(37-45)57(51-25-12-26-52-56(51)55-50-22-8-7-17-42(50)33-36-53(55)58-52)46-34-31-43(32-35-46)49-24-11-19-44-18-10-23-48(54(44)49)41-15-5-2-6-16-41/h1-37H. The molecule has 10 aromatic carbocycles. The molecule has 0 saturated carbocycles. The fraction of sp³-hybridized carbons (Fsp3) is 0. The van der Waals surface area contributed by atoms with Gasteiger partial charge in [-0.2, -0.15) is 0 Å². The zero-order valence-corrected chi connectivity index (χ0v) is 31.7. The van der Waals surface area contributed by atoms with Crippen molar-refractivity contribution in [3.05, 3.63) is 224 Å². The predicted molar refractivity (Wildman–Crippen MR) is 245 cm³/mol. The first kappa shape index (κ1) is 33.6. The first-order chi connectivity index (χ1) is 28.8. The lowest BCUT2D eigenvalue weighted by Crippen LogP contribution is -2.10. The van der Waals surface area contributed by atoms with E-state index in [0.29, 0.717) is 0 Å². The smallest absolute Gasteiger partial charge is 0.137 e. The maximum atomic E-state index is 6.60. The fourth-order valence-corrected chi connectivity index (χ4v) is 8.72. The Morgan fingerprint density at radius 1 is 0.293 bits per heavy atom. The van der Waals surface area contributed by atoms with E-state index in [1.165, 1.54) is 60.5 Å². The van der Waals surface area contributed by atoms with E-state index in [2.05, 4.69) is 229 Å². The Hall–Kier alpha value is -7.68. The van der Waals surface area contributed by atoms with Gasteiger partial charge in [-0.25, -0.2) is 0 Å². The van der Waals surface area contributed by atoms with Gasteiger partial charge in [-0.3, -0.25) is 0 Å². The largest absolute Gasteiger partial charge is 0.456 e. The minimum atomic E-state index is 0.863. The molecule has 0 unspecified atom stereocenters. The number of furan rings is 1. The number of anilines is 3. The van der Waals surface area contributed by atoms with Crippen LogP contribution in [0.5, 0.6) is 0 Å². The minimum Gasteiger partial charge on any atom is -0.456 e. The van der Waals surface area contributed by atoms with Gasteiger partial charge in [0.1, 0.15) is 11.2 Å². The van der Waals surface area contributed by atoms with Gasteiger partial charge in [0.2, 0.25) is 0 Å². The van der Waals surface area contributed by atoms with Crippen molar-refractivity contribution in [3.8, 4) is 44.5 Å². The number of fused-ring (bicyclic) bond motifs is 6. The molecule has 0 atom stereocenters. The Kier molecular flexibility index (Phi) is 8.19. The van der Waals surface area contributed by atoms with E-state index in [1.54, 1.807) is 0 Å². The van der Waals surface area contributed by atoms with Crippen molar-refractivity contribution in [2.24, 2.45) is 0 Å². The number of hydrogen-bond acceptors (Lipinski definition) is 2. The van der Waals surface area contributed by atoms with E-state index in [9.17, 15) is 0 Å². The van der Waals surface area contributed by atoms with Crippen LogP contribution in [0.25, 0.3) is 88.0 Å². The van der Waals surface area contributed by atoms with E-state index in [1.807, 2.05) is 0 Å². The van der Waals surface area contributed by atoms with Crippen LogP contribution in [0.2, 0.25) is 0 Å². The maximum absolute atomic E-state index is 6.60. The second kappa shape index (κ2) is 14.1. The third-order valence-electron chi connectivity index (χ3n) is 11.5.